The van der Waals surface area contributed by atoms with Crippen molar-refractivity contribution >= 4 is 29.2 Å². The van der Waals surface area contributed by atoms with Crippen LogP contribution in [0, 0.1) is 0 Å². The van der Waals surface area contributed by atoms with E-state index in [1.54, 1.807) is 48.5 Å². The second-order valence-electron chi connectivity index (χ2n) is 4.65. The number of hydrogen-bond donors (Lipinski definition) is 1. The Bertz CT molecular complexity index is 685. The molecule has 0 atom stereocenters. The number of nitrogens with one attached hydrogen (secondary N) is 1. The van der Waals surface area contributed by atoms with Crippen LogP contribution in [0.3, 0.4) is 0 Å². The number of rotatable bonds is 5. The van der Waals surface area contributed by atoms with Crippen LogP contribution in [0.15, 0.2) is 48.5 Å². The number of halogens is 1. The highest BCUT2D eigenvalue weighted by Gasteiger charge is 2.12. The van der Waals surface area contributed by atoms with Gasteiger partial charge in [0.2, 0.25) is 0 Å². The third-order valence-electron chi connectivity index (χ3n) is 2.91. The van der Waals surface area contributed by atoms with E-state index < -0.39 is 5.97 Å². The van der Waals surface area contributed by atoms with Crippen molar-refractivity contribution in [3.05, 3.63) is 64.7 Å². The van der Waals surface area contributed by atoms with Crippen molar-refractivity contribution in [3.8, 4) is 0 Å². The van der Waals surface area contributed by atoms with Crippen LogP contribution in [-0.4, -0.2) is 18.5 Å². The van der Waals surface area contributed by atoms with Gasteiger partial charge in [-0.1, -0.05) is 36.7 Å². The minimum atomic E-state index is -0.407. The number of hydrogen-bond acceptors (Lipinski definition) is 3. The monoisotopic (exact) mass is 317 g/mol. The van der Waals surface area contributed by atoms with Crippen LogP contribution >= 0.6 is 11.6 Å². The lowest BCUT2D eigenvalue weighted by Gasteiger charge is -2.08. The Morgan fingerprint density at radius 1 is 1.14 bits per heavy atom. The molecule has 4 nitrogen and oxygen atoms in total. The van der Waals surface area contributed by atoms with Gasteiger partial charge in [0.25, 0.3) is 5.91 Å². The standard InChI is InChI=1S/C17H16ClNO3/c1-2-10-22-17(21)12-6-5-7-13(11-12)19-16(20)14-8-3-4-9-15(14)18/h3-9,11H,2,10H2,1H3,(H,19,20). The summed E-state index contributed by atoms with van der Waals surface area (Å²) < 4.78 is 5.07. The van der Waals surface area contributed by atoms with Gasteiger partial charge in [-0.15, -0.1) is 0 Å². The molecule has 0 heterocycles. The fraction of sp³-hybridized carbons (Fsp3) is 0.176. The fourth-order valence-electron chi connectivity index (χ4n) is 1.85. The van der Waals surface area contributed by atoms with E-state index in [2.05, 4.69) is 5.32 Å². The van der Waals surface area contributed by atoms with Crippen LogP contribution in [0.25, 0.3) is 0 Å². The quantitative estimate of drug-likeness (QED) is 0.842. The molecule has 1 amide bonds. The number of carbonyl (C=O) groups is 2. The van der Waals surface area contributed by atoms with Crippen molar-refractivity contribution in [3.63, 3.8) is 0 Å². The van der Waals surface area contributed by atoms with Gasteiger partial charge in [0, 0.05) is 5.69 Å². The Labute approximate surface area is 134 Å². The van der Waals surface area contributed by atoms with E-state index in [-0.39, 0.29) is 5.91 Å². The van der Waals surface area contributed by atoms with Crippen molar-refractivity contribution in [2.24, 2.45) is 0 Å². The Kier molecular flexibility index (Phi) is 5.55. The van der Waals surface area contributed by atoms with Crippen LogP contribution in [0.2, 0.25) is 5.02 Å². The van der Waals surface area contributed by atoms with Crippen molar-refractivity contribution in [2.45, 2.75) is 13.3 Å². The molecule has 0 unspecified atom stereocenters. The molecule has 0 radical (unpaired) electrons. The molecule has 0 aliphatic rings. The molecule has 0 saturated heterocycles. The highest BCUT2D eigenvalue weighted by molar-refractivity contribution is 6.34. The van der Waals surface area contributed by atoms with Crippen LogP contribution in [-0.2, 0) is 4.74 Å². The molecule has 22 heavy (non-hydrogen) atoms. The van der Waals surface area contributed by atoms with E-state index in [0.29, 0.717) is 28.4 Å². The molecule has 0 bridgehead atoms. The van der Waals surface area contributed by atoms with Crippen LogP contribution < -0.4 is 5.32 Å². The van der Waals surface area contributed by atoms with Gasteiger partial charge in [0.1, 0.15) is 0 Å². The zero-order chi connectivity index (χ0) is 15.9. The second-order valence-corrected chi connectivity index (χ2v) is 5.06. The Morgan fingerprint density at radius 2 is 1.91 bits per heavy atom. The lowest BCUT2D eigenvalue weighted by Crippen LogP contribution is -2.13. The molecule has 114 valence electrons. The third kappa shape index (κ3) is 4.09. The molecule has 2 aromatic carbocycles. The summed E-state index contributed by atoms with van der Waals surface area (Å²) in [5, 5.41) is 3.09. The second kappa shape index (κ2) is 7.61. The maximum atomic E-state index is 12.2. The van der Waals surface area contributed by atoms with Crippen LogP contribution in [0.5, 0.6) is 0 Å². The van der Waals surface area contributed by atoms with Crippen molar-refractivity contribution in [1.82, 2.24) is 0 Å². The van der Waals surface area contributed by atoms with Crippen LogP contribution in [0.4, 0.5) is 5.69 Å². The minimum absolute atomic E-state index is 0.329. The first kappa shape index (κ1) is 16.0. The molecular weight excluding hydrogens is 302 g/mol. The zero-order valence-electron chi connectivity index (χ0n) is 12.1. The Morgan fingerprint density at radius 3 is 2.64 bits per heavy atom. The molecule has 0 saturated carbocycles. The summed E-state index contributed by atoms with van der Waals surface area (Å²) in [6.45, 7) is 2.29. The van der Waals surface area contributed by atoms with E-state index in [4.69, 9.17) is 16.3 Å². The summed E-state index contributed by atoms with van der Waals surface area (Å²) in [5.74, 6) is -0.736. The van der Waals surface area contributed by atoms with E-state index in [1.807, 2.05) is 6.92 Å². The molecule has 2 rings (SSSR count). The summed E-state index contributed by atoms with van der Waals surface area (Å²) in [4.78, 5) is 24.0. The first-order chi connectivity index (χ1) is 10.6. The molecule has 0 aliphatic carbocycles. The van der Waals surface area contributed by atoms with E-state index >= 15 is 0 Å². The van der Waals surface area contributed by atoms with Gasteiger partial charge >= 0.3 is 5.97 Å². The van der Waals surface area contributed by atoms with E-state index in [0.717, 1.165) is 6.42 Å². The van der Waals surface area contributed by atoms with Crippen LogP contribution in [0.1, 0.15) is 34.1 Å². The first-order valence-corrected chi connectivity index (χ1v) is 7.32. The lowest BCUT2D eigenvalue weighted by molar-refractivity contribution is 0.0505. The number of carbonyl (C=O) groups excluding carboxylic acids is 2. The first-order valence-electron chi connectivity index (χ1n) is 6.95. The molecule has 5 heteroatoms. The summed E-state index contributed by atoms with van der Waals surface area (Å²) in [6, 6.07) is 13.4. The predicted octanol–water partition coefficient (Wildman–Crippen LogP) is 4.16. The normalized spacial score (nSPS) is 10.1. The van der Waals surface area contributed by atoms with Crippen molar-refractivity contribution in [2.75, 3.05) is 11.9 Å². The van der Waals surface area contributed by atoms with Crippen molar-refractivity contribution < 1.29 is 14.3 Å². The highest BCUT2D eigenvalue weighted by Crippen LogP contribution is 2.18. The van der Waals surface area contributed by atoms with E-state index in [9.17, 15) is 9.59 Å². The Balaban J connectivity index is 2.12. The molecular formula is C17H16ClNO3. The molecule has 1 N–H and O–H groups in total. The van der Waals surface area contributed by atoms with Gasteiger partial charge in [-0.2, -0.15) is 0 Å². The number of ether oxygens (including phenoxy) is 1. The fourth-order valence-corrected chi connectivity index (χ4v) is 2.07. The van der Waals surface area contributed by atoms with Gasteiger partial charge in [-0.3, -0.25) is 4.79 Å². The van der Waals surface area contributed by atoms with Crippen molar-refractivity contribution in [1.29, 1.82) is 0 Å². The summed E-state index contributed by atoms with van der Waals surface area (Å²) in [5.41, 5.74) is 1.28. The van der Waals surface area contributed by atoms with Gasteiger partial charge in [0.15, 0.2) is 0 Å². The summed E-state index contributed by atoms with van der Waals surface area (Å²) >= 11 is 5.99. The minimum Gasteiger partial charge on any atom is -0.462 e. The molecule has 0 aromatic heterocycles. The van der Waals surface area contributed by atoms with Gasteiger partial charge in [0.05, 0.1) is 22.8 Å². The number of esters is 1. The van der Waals surface area contributed by atoms with Gasteiger partial charge < -0.3 is 10.1 Å². The van der Waals surface area contributed by atoms with E-state index in [1.165, 1.54) is 0 Å². The third-order valence-corrected chi connectivity index (χ3v) is 3.24. The number of anilines is 1. The average Bonchev–Trinajstić information content (AvgIpc) is 2.53. The highest BCUT2D eigenvalue weighted by atomic mass is 35.5. The smallest absolute Gasteiger partial charge is 0.338 e. The topological polar surface area (TPSA) is 55.4 Å². The molecule has 2 aromatic rings. The molecule has 0 spiro atoms. The van der Waals surface area contributed by atoms with Gasteiger partial charge in [-0.05, 0) is 36.8 Å². The number of amides is 1. The average molecular weight is 318 g/mol. The predicted molar refractivity (Wildman–Crippen MR) is 86.4 cm³/mol. The largest absolute Gasteiger partial charge is 0.462 e. The SMILES string of the molecule is CCCOC(=O)c1cccc(NC(=O)c2ccccc2Cl)c1. The maximum Gasteiger partial charge on any atom is 0.338 e. The zero-order valence-corrected chi connectivity index (χ0v) is 12.9. The molecule has 0 aliphatic heterocycles. The Hall–Kier alpha value is -2.33. The summed E-state index contributed by atoms with van der Waals surface area (Å²) in [6.07, 6.45) is 0.759. The number of benzene rings is 2. The summed E-state index contributed by atoms with van der Waals surface area (Å²) in [7, 11) is 0. The maximum absolute atomic E-state index is 12.2. The molecule has 0 fully saturated rings. The van der Waals surface area contributed by atoms with Gasteiger partial charge in [-0.25, -0.2) is 4.79 Å². The lowest BCUT2D eigenvalue weighted by atomic mass is 10.1.